The Kier molecular flexibility index (Phi) is 7.52. The molecule has 0 spiro atoms. The monoisotopic (exact) mass is 389 g/mol. The van der Waals surface area contributed by atoms with Crippen LogP contribution in [0.25, 0.3) is 0 Å². The lowest BCUT2D eigenvalue weighted by Gasteiger charge is -2.15. The van der Waals surface area contributed by atoms with Crippen LogP contribution in [-0.2, 0) is 20.9 Å². The van der Waals surface area contributed by atoms with Crippen molar-refractivity contribution in [2.75, 3.05) is 19.0 Å². The molecular weight excluding hydrogens is 365 g/mol. The molecule has 1 N–H and O–H groups in total. The molecule has 0 aromatic heterocycles. The van der Waals surface area contributed by atoms with Crippen LogP contribution in [0, 0.1) is 12.7 Å². The molecule has 150 valence electrons. The molecule has 2 aromatic carbocycles. The average molecular weight is 389 g/mol. The van der Waals surface area contributed by atoms with Crippen molar-refractivity contribution in [3.05, 3.63) is 58.9 Å². The van der Waals surface area contributed by atoms with Crippen LogP contribution in [0.3, 0.4) is 0 Å². The molecular formula is C21H24FNO5. The Bertz CT molecular complexity index is 853. The number of amides is 1. The van der Waals surface area contributed by atoms with Crippen LogP contribution in [-0.4, -0.2) is 31.7 Å². The van der Waals surface area contributed by atoms with Crippen LogP contribution in [0.1, 0.15) is 35.3 Å². The van der Waals surface area contributed by atoms with Gasteiger partial charge in [0.2, 0.25) is 0 Å². The van der Waals surface area contributed by atoms with Crippen molar-refractivity contribution >= 4 is 17.6 Å². The summed E-state index contributed by atoms with van der Waals surface area (Å²) in [6, 6.07) is 9.15. The second-order valence-corrected chi connectivity index (χ2v) is 6.16. The highest BCUT2D eigenvalue weighted by atomic mass is 19.1. The van der Waals surface area contributed by atoms with Gasteiger partial charge in [-0.3, -0.25) is 4.79 Å². The summed E-state index contributed by atoms with van der Waals surface area (Å²) in [5.74, 6) is -1.04. The lowest BCUT2D eigenvalue weighted by atomic mass is 10.1. The number of nitrogens with one attached hydrogen (secondary N) is 1. The van der Waals surface area contributed by atoms with E-state index in [1.54, 1.807) is 37.3 Å². The minimum absolute atomic E-state index is 0.275. The SMILES string of the molecule is CCOCc1cc(C(=O)O[C@@H](C)C(=O)Nc2ccc(C)c(F)c2)ccc1OC. The third-order valence-electron chi connectivity index (χ3n) is 4.07. The zero-order valence-corrected chi connectivity index (χ0v) is 16.4. The first-order valence-corrected chi connectivity index (χ1v) is 8.88. The predicted molar refractivity (Wildman–Crippen MR) is 103 cm³/mol. The van der Waals surface area contributed by atoms with E-state index in [1.165, 1.54) is 20.1 Å². The van der Waals surface area contributed by atoms with Crippen molar-refractivity contribution in [3.8, 4) is 5.75 Å². The largest absolute Gasteiger partial charge is 0.496 e. The molecule has 0 aliphatic carbocycles. The molecule has 0 saturated heterocycles. The third kappa shape index (κ3) is 5.53. The first-order chi connectivity index (χ1) is 13.3. The summed E-state index contributed by atoms with van der Waals surface area (Å²) in [6.45, 7) is 5.75. The number of halogens is 1. The molecule has 7 heteroatoms. The van der Waals surface area contributed by atoms with Crippen LogP contribution in [0.2, 0.25) is 0 Å². The van der Waals surface area contributed by atoms with Gasteiger partial charge in [0.25, 0.3) is 5.91 Å². The zero-order valence-electron chi connectivity index (χ0n) is 16.4. The quantitative estimate of drug-likeness (QED) is 0.694. The van der Waals surface area contributed by atoms with Crippen molar-refractivity contribution in [3.63, 3.8) is 0 Å². The van der Waals surface area contributed by atoms with E-state index in [4.69, 9.17) is 14.2 Å². The number of carbonyl (C=O) groups excluding carboxylic acids is 2. The molecule has 0 aliphatic heterocycles. The normalized spacial score (nSPS) is 11.6. The molecule has 0 fully saturated rings. The van der Waals surface area contributed by atoms with Gasteiger partial charge < -0.3 is 19.5 Å². The number of anilines is 1. The first kappa shape index (κ1) is 21.4. The summed E-state index contributed by atoms with van der Waals surface area (Å²) in [7, 11) is 1.53. The molecule has 28 heavy (non-hydrogen) atoms. The maximum atomic E-state index is 13.6. The van der Waals surface area contributed by atoms with Crippen molar-refractivity contribution in [1.29, 1.82) is 0 Å². The van der Waals surface area contributed by atoms with Gasteiger partial charge in [0.15, 0.2) is 6.10 Å². The second-order valence-electron chi connectivity index (χ2n) is 6.16. The topological polar surface area (TPSA) is 73.9 Å². The molecule has 1 atom stereocenters. The highest BCUT2D eigenvalue weighted by molar-refractivity contribution is 5.97. The molecule has 0 radical (unpaired) electrons. The molecule has 2 rings (SSSR count). The summed E-state index contributed by atoms with van der Waals surface area (Å²) >= 11 is 0. The first-order valence-electron chi connectivity index (χ1n) is 8.88. The number of carbonyl (C=O) groups is 2. The number of benzene rings is 2. The maximum absolute atomic E-state index is 13.6. The lowest BCUT2D eigenvalue weighted by Crippen LogP contribution is -2.30. The minimum Gasteiger partial charge on any atom is -0.496 e. The fourth-order valence-electron chi connectivity index (χ4n) is 2.43. The van der Waals surface area contributed by atoms with E-state index in [2.05, 4.69) is 5.32 Å². The number of aryl methyl sites for hydroxylation is 1. The number of hydrogen-bond donors (Lipinski definition) is 1. The predicted octanol–water partition coefficient (Wildman–Crippen LogP) is 3.86. The highest BCUT2D eigenvalue weighted by Crippen LogP contribution is 2.22. The Labute approximate surface area is 163 Å². The minimum atomic E-state index is -1.06. The average Bonchev–Trinajstić information content (AvgIpc) is 2.68. The van der Waals surface area contributed by atoms with Gasteiger partial charge in [-0.2, -0.15) is 0 Å². The van der Waals surface area contributed by atoms with Crippen LogP contribution >= 0.6 is 0 Å². The molecule has 0 aliphatic rings. The highest BCUT2D eigenvalue weighted by Gasteiger charge is 2.20. The molecule has 1 amide bonds. The van der Waals surface area contributed by atoms with Crippen molar-refractivity contribution in [1.82, 2.24) is 0 Å². The van der Waals surface area contributed by atoms with E-state index in [-0.39, 0.29) is 12.2 Å². The van der Waals surface area contributed by atoms with Crippen molar-refractivity contribution < 1.29 is 28.2 Å². The molecule has 0 unspecified atom stereocenters. The Balaban J connectivity index is 2.04. The van der Waals surface area contributed by atoms with E-state index < -0.39 is 23.8 Å². The van der Waals surface area contributed by atoms with Gasteiger partial charge in [-0.05, 0) is 56.7 Å². The summed E-state index contributed by atoms with van der Waals surface area (Å²) < 4.78 is 29.5. The summed E-state index contributed by atoms with van der Waals surface area (Å²) in [6.07, 6.45) is -1.06. The summed E-state index contributed by atoms with van der Waals surface area (Å²) in [5.41, 5.74) is 1.74. The van der Waals surface area contributed by atoms with E-state index >= 15 is 0 Å². The molecule has 0 saturated carbocycles. The fourth-order valence-corrected chi connectivity index (χ4v) is 2.43. The smallest absolute Gasteiger partial charge is 0.338 e. The van der Waals surface area contributed by atoms with Crippen molar-refractivity contribution in [2.45, 2.75) is 33.5 Å². The summed E-state index contributed by atoms with van der Waals surface area (Å²) in [5, 5.41) is 2.53. The Morgan fingerprint density at radius 1 is 1.18 bits per heavy atom. The van der Waals surface area contributed by atoms with Gasteiger partial charge in [-0.25, -0.2) is 9.18 Å². The van der Waals surface area contributed by atoms with Gasteiger partial charge in [0, 0.05) is 17.9 Å². The van der Waals surface area contributed by atoms with Gasteiger partial charge in [-0.1, -0.05) is 6.07 Å². The van der Waals surface area contributed by atoms with Gasteiger partial charge in [-0.15, -0.1) is 0 Å². The van der Waals surface area contributed by atoms with Crippen LogP contribution in [0.5, 0.6) is 5.75 Å². The molecule has 6 nitrogen and oxygen atoms in total. The van der Waals surface area contributed by atoms with Gasteiger partial charge >= 0.3 is 5.97 Å². The Hall–Kier alpha value is -2.93. The zero-order chi connectivity index (χ0) is 20.7. The number of rotatable bonds is 8. The maximum Gasteiger partial charge on any atom is 0.338 e. The van der Waals surface area contributed by atoms with Gasteiger partial charge in [0.05, 0.1) is 19.3 Å². The number of esters is 1. The Morgan fingerprint density at radius 2 is 1.93 bits per heavy atom. The molecule has 0 heterocycles. The van der Waals surface area contributed by atoms with Crippen LogP contribution in [0.4, 0.5) is 10.1 Å². The fraction of sp³-hybridized carbons (Fsp3) is 0.333. The van der Waals surface area contributed by atoms with E-state index in [9.17, 15) is 14.0 Å². The van der Waals surface area contributed by atoms with Crippen LogP contribution < -0.4 is 10.1 Å². The Morgan fingerprint density at radius 3 is 2.57 bits per heavy atom. The van der Waals surface area contributed by atoms with E-state index in [1.807, 2.05) is 6.92 Å². The standard InChI is InChI=1S/C21H24FNO5/c1-5-27-12-16-10-15(7-9-19(16)26-4)21(25)28-14(3)20(24)23-17-8-6-13(2)18(22)11-17/h6-11,14H,5,12H2,1-4H3,(H,23,24)/t14-/m0/s1. The van der Waals surface area contributed by atoms with E-state index in [0.29, 0.717) is 29.2 Å². The number of hydrogen-bond acceptors (Lipinski definition) is 5. The molecule has 2 aromatic rings. The molecule has 0 bridgehead atoms. The number of methoxy groups -OCH3 is 1. The van der Waals surface area contributed by atoms with Crippen LogP contribution in [0.15, 0.2) is 36.4 Å². The number of ether oxygens (including phenoxy) is 3. The van der Waals surface area contributed by atoms with Gasteiger partial charge in [0.1, 0.15) is 11.6 Å². The summed E-state index contributed by atoms with van der Waals surface area (Å²) in [4.78, 5) is 24.6. The second kappa shape index (κ2) is 9.85. The van der Waals surface area contributed by atoms with Crippen molar-refractivity contribution in [2.24, 2.45) is 0 Å². The van der Waals surface area contributed by atoms with E-state index in [0.717, 1.165) is 0 Å². The lowest BCUT2D eigenvalue weighted by molar-refractivity contribution is -0.123. The third-order valence-corrected chi connectivity index (χ3v) is 4.07.